The molecule has 7 heteroatoms. The fourth-order valence-electron chi connectivity index (χ4n) is 3.21. The van der Waals surface area contributed by atoms with Crippen molar-refractivity contribution in [1.29, 1.82) is 0 Å². The second-order valence-electron chi connectivity index (χ2n) is 6.74. The van der Waals surface area contributed by atoms with Gasteiger partial charge in [0.2, 0.25) is 11.1 Å². The molecule has 2 aromatic carbocycles. The molecule has 2 aromatic heterocycles. The molecule has 0 aliphatic heterocycles. The molecule has 1 amide bonds. The van der Waals surface area contributed by atoms with E-state index in [9.17, 15) is 4.79 Å². The molecule has 6 nitrogen and oxygen atoms in total. The summed E-state index contributed by atoms with van der Waals surface area (Å²) in [5, 5.41) is 12.8. The summed E-state index contributed by atoms with van der Waals surface area (Å²) < 4.78 is 2.01. The predicted octanol–water partition coefficient (Wildman–Crippen LogP) is 3.87. The zero-order chi connectivity index (χ0) is 19.7. The largest absolute Gasteiger partial charge is 0.349 e. The highest BCUT2D eigenvalue weighted by atomic mass is 32.2. The number of para-hydroxylation sites is 1. The number of aromatic nitrogens is 4. The van der Waals surface area contributed by atoms with Crippen LogP contribution in [0.25, 0.3) is 22.1 Å². The fourth-order valence-corrected chi connectivity index (χ4v) is 3.93. The van der Waals surface area contributed by atoms with Crippen LogP contribution in [0.4, 0.5) is 0 Å². The smallest absolute Gasteiger partial charge is 0.233 e. The molecule has 4 rings (SSSR count). The van der Waals surface area contributed by atoms with Gasteiger partial charge < -0.3 is 9.88 Å². The minimum atomic E-state index is -0.333. The van der Waals surface area contributed by atoms with Crippen LogP contribution in [0.15, 0.2) is 59.8 Å². The van der Waals surface area contributed by atoms with Gasteiger partial charge in [0.05, 0.1) is 16.8 Å². The molecular weight excluding hydrogens is 370 g/mol. The summed E-state index contributed by atoms with van der Waals surface area (Å²) in [6.45, 7) is 3.83. The highest BCUT2D eigenvalue weighted by Gasteiger charge is 2.20. The van der Waals surface area contributed by atoms with E-state index in [-0.39, 0.29) is 17.2 Å². The lowest BCUT2D eigenvalue weighted by Crippen LogP contribution is -2.33. The van der Waals surface area contributed by atoms with E-state index in [1.54, 1.807) is 0 Å². The minimum absolute atomic E-state index is 0.0536. The van der Waals surface area contributed by atoms with Crippen LogP contribution in [0.2, 0.25) is 0 Å². The number of aryl methyl sites for hydroxylation is 1. The molecule has 0 saturated carbocycles. The van der Waals surface area contributed by atoms with Crippen molar-refractivity contribution < 1.29 is 4.79 Å². The number of carbonyl (C=O) groups excluding carboxylic acids is 1. The van der Waals surface area contributed by atoms with Gasteiger partial charge in [0.25, 0.3) is 0 Å². The number of nitrogens with zero attached hydrogens (tertiary/aromatic N) is 4. The molecule has 0 fully saturated rings. The number of benzene rings is 2. The lowest BCUT2D eigenvalue weighted by atomic mass is 10.1. The lowest BCUT2D eigenvalue weighted by molar-refractivity contribution is -0.120. The highest BCUT2D eigenvalue weighted by Crippen LogP contribution is 2.27. The molecule has 0 radical (unpaired) electrons. The Morgan fingerprint density at radius 1 is 1.04 bits per heavy atom. The van der Waals surface area contributed by atoms with E-state index in [0.717, 1.165) is 27.6 Å². The van der Waals surface area contributed by atoms with Crippen LogP contribution in [0.3, 0.4) is 0 Å². The van der Waals surface area contributed by atoms with Gasteiger partial charge in [-0.3, -0.25) is 4.79 Å². The van der Waals surface area contributed by atoms with E-state index in [0.29, 0.717) is 5.16 Å². The number of amides is 1. The number of hydrogen-bond acceptors (Lipinski definition) is 5. The van der Waals surface area contributed by atoms with E-state index in [1.165, 1.54) is 11.8 Å². The normalized spacial score (nSPS) is 13.5. The van der Waals surface area contributed by atoms with Gasteiger partial charge in [-0.1, -0.05) is 60.3 Å². The molecule has 0 aliphatic rings. The van der Waals surface area contributed by atoms with Gasteiger partial charge in [-0.25, -0.2) is 4.98 Å². The second-order valence-corrected chi connectivity index (χ2v) is 8.05. The van der Waals surface area contributed by atoms with Gasteiger partial charge >= 0.3 is 0 Å². The maximum absolute atomic E-state index is 12.6. The first-order valence-electron chi connectivity index (χ1n) is 9.14. The summed E-state index contributed by atoms with van der Waals surface area (Å²) in [5.41, 5.74) is 3.67. The minimum Gasteiger partial charge on any atom is -0.349 e. The first-order valence-corrected chi connectivity index (χ1v) is 10.0. The molecule has 0 spiro atoms. The van der Waals surface area contributed by atoms with Crippen molar-refractivity contribution in [2.24, 2.45) is 7.05 Å². The molecule has 0 saturated heterocycles. The lowest BCUT2D eigenvalue weighted by Gasteiger charge is -2.17. The zero-order valence-corrected chi connectivity index (χ0v) is 16.8. The van der Waals surface area contributed by atoms with Crippen molar-refractivity contribution in [3.05, 3.63) is 60.2 Å². The van der Waals surface area contributed by atoms with Crippen LogP contribution in [0.1, 0.15) is 25.5 Å². The fraction of sp³-hybridized carbons (Fsp3) is 0.238. The number of carbonyl (C=O) groups is 1. The Bertz CT molecular complexity index is 1140. The Labute approximate surface area is 167 Å². The van der Waals surface area contributed by atoms with Crippen LogP contribution < -0.4 is 5.32 Å². The molecule has 0 unspecified atom stereocenters. The monoisotopic (exact) mass is 391 g/mol. The third kappa shape index (κ3) is 3.45. The summed E-state index contributed by atoms with van der Waals surface area (Å²) >= 11 is 1.31. The first-order chi connectivity index (χ1) is 13.5. The summed E-state index contributed by atoms with van der Waals surface area (Å²) in [4.78, 5) is 17.2. The molecule has 4 aromatic rings. The van der Waals surface area contributed by atoms with E-state index < -0.39 is 0 Å². The number of nitrogens with one attached hydrogen (secondary N) is 1. The quantitative estimate of drug-likeness (QED) is 0.523. The van der Waals surface area contributed by atoms with Crippen molar-refractivity contribution in [3.63, 3.8) is 0 Å². The molecule has 1 N–H and O–H groups in total. The second kappa shape index (κ2) is 7.59. The van der Waals surface area contributed by atoms with E-state index in [1.807, 2.05) is 80.1 Å². The molecule has 2 atom stereocenters. The number of rotatable bonds is 5. The third-order valence-electron chi connectivity index (χ3n) is 4.80. The van der Waals surface area contributed by atoms with Gasteiger partial charge in [-0.05, 0) is 25.5 Å². The van der Waals surface area contributed by atoms with Gasteiger partial charge in [0.1, 0.15) is 5.52 Å². The summed E-state index contributed by atoms with van der Waals surface area (Å²) in [6, 6.07) is 17.9. The maximum Gasteiger partial charge on any atom is 0.233 e. The topological polar surface area (TPSA) is 72.7 Å². The Kier molecular flexibility index (Phi) is 5.00. The SMILES string of the molecule is C[C@H](Sc1nnc2c3ccccc3n(C)c2n1)C(=O)N[C@H](C)c1ccccc1. The number of thioether (sulfide) groups is 1. The first kappa shape index (κ1) is 18.4. The number of fused-ring (bicyclic) bond motifs is 3. The van der Waals surface area contributed by atoms with Crippen molar-refractivity contribution in [1.82, 2.24) is 25.1 Å². The molecule has 142 valence electrons. The van der Waals surface area contributed by atoms with Gasteiger partial charge in [0.15, 0.2) is 5.65 Å². The van der Waals surface area contributed by atoms with E-state index in [4.69, 9.17) is 0 Å². The Balaban J connectivity index is 1.52. The highest BCUT2D eigenvalue weighted by molar-refractivity contribution is 8.00. The molecular formula is C21H21N5OS. The van der Waals surface area contributed by atoms with Crippen LogP contribution >= 0.6 is 11.8 Å². The van der Waals surface area contributed by atoms with Gasteiger partial charge in [-0.15, -0.1) is 10.2 Å². The average molecular weight is 392 g/mol. The van der Waals surface area contributed by atoms with Crippen LogP contribution in [0, 0.1) is 0 Å². The number of hydrogen-bond donors (Lipinski definition) is 1. The van der Waals surface area contributed by atoms with Gasteiger partial charge in [0, 0.05) is 12.4 Å². The molecule has 2 heterocycles. The van der Waals surface area contributed by atoms with Crippen molar-refractivity contribution in [3.8, 4) is 0 Å². The maximum atomic E-state index is 12.6. The van der Waals surface area contributed by atoms with Crippen molar-refractivity contribution in [2.45, 2.75) is 30.3 Å². The summed E-state index contributed by atoms with van der Waals surface area (Å²) in [5.74, 6) is -0.0536. The Morgan fingerprint density at radius 2 is 1.75 bits per heavy atom. The Hall–Kier alpha value is -2.93. The average Bonchev–Trinajstić information content (AvgIpc) is 3.01. The van der Waals surface area contributed by atoms with E-state index >= 15 is 0 Å². The van der Waals surface area contributed by atoms with Crippen LogP contribution in [-0.2, 0) is 11.8 Å². The van der Waals surface area contributed by atoms with Crippen LogP contribution in [-0.4, -0.2) is 30.9 Å². The standard InChI is InChI=1S/C21H21N5OS/c1-13(15-9-5-4-6-10-15)22-20(27)14(2)28-21-23-19-18(24-25-21)16-11-7-8-12-17(16)26(19)3/h4-14H,1-3H3,(H,22,27)/t13-,14+/m1/s1. The zero-order valence-electron chi connectivity index (χ0n) is 16.0. The molecule has 0 bridgehead atoms. The summed E-state index contributed by atoms with van der Waals surface area (Å²) in [7, 11) is 1.96. The predicted molar refractivity (Wildman–Crippen MR) is 112 cm³/mol. The van der Waals surface area contributed by atoms with Gasteiger partial charge in [-0.2, -0.15) is 0 Å². The molecule has 0 aliphatic carbocycles. The summed E-state index contributed by atoms with van der Waals surface area (Å²) in [6.07, 6.45) is 0. The van der Waals surface area contributed by atoms with Crippen molar-refractivity contribution >= 4 is 39.7 Å². The Morgan fingerprint density at radius 3 is 2.54 bits per heavy atom. The van der Waals surface area contributed by atoms with Crippen LogP contribution in [0.5, 0.6) is 0 Å². The third-order valence-corrected chi connectivity index (χ3v) is 5.75. The molecule has 28 heavy (non-hydrogen) atoms. The van der Waals surface area contributed by atoms with E-state index in [2.05, 4.69) is 20.5 Å². The van der Waals surface area contributed by atoms with Crippen molar-refractivity contribution in [2.75, 3.05) is 0 Å².